The van der Waals surface area contributed by atoms with Crippen molar-refractivity contribution in [1.82, 2.24) is 9.55 Å². The van der Waals surface area contributed by atoms with E-state index in [0.29, 0.717) is 12.1 Å². The highest BCUT2D eigenvalue weighted by molar-refractivity contribution is 6.33. The number of hydrogen-bond acceptors (Lipinski definition) is 3. The molecule has 1 amide bonds. The summed E-state index contributed by atoms with van der Waals surface area (Å²) in [6.07, 6.45) is -0.783. The first-order valence-electron chi connectivity index (χ1n) is 7.92. The molecule has 2 rings (SSSR count). The number of amides is 1. The number of nitrogens with zero attached hydrogens (tertiary/aromatic N) is 2. The Morgan fingerprint density at radius 1 is 1.31 bits per heavy atom. The molecule has 0 spiro atoms. The zero-order valence-electron chi connectivity index (χ0n) is 13.9. The molecule has 5 nitrogen and oxygen atoms in total. The second-order valence-electron chi connectivity index (χ2n) is 5.69. The van der Waals surface area contributed by atoms with Gasteiger partial charge in [0.05, 0.1) is 22.6 Å². The van der Waals surface area contributed by atoms with Gasteiger partial charge in [-0.2, -0.15) is 13.2 Å². The van der Waals surface area contributed by atoms with Gasteiger partial charge >= 0.3 is 6.18 Å². The number of carbonyl (C=O) groups is 1. The highest BCUT2D eigenvalue weighted by atomic mass is 35.5. The summed E-state index contributed by atoms with van der Waals surface area (Å²) in [7, 11) is 0. The molecule has 0 radical (unpaired) electrons. The maximum Gasteiger partial charge on any atom is 0.416 e. The van der Waals surface area contributed by atoms with E-state index in [2.05, 4.69) is 10.3 Å². The molecule has 1 aromatic heterocycles. The smallest absolute Gasteiger partial charge is 0.323 e. The molecule has 0 saturated carbocycles. The number of hydrogen-bond donors (Lipinski definition) is 1. The van der Waals surface area contributed by atoms with Crippen molar-refractivity contribution in [3.05, 3.63) is 57.2 Å². The Kier molecular flexibility index (Phi) is 6.42. The topological polar surface area (TPSA) is 64.0 Å². The number of alkyl halides is 3. The number of aromatic nitrogens is 2. The van der Waals surface area contributed by atoms with E-state index in [1.54, 1.807) is 0 Å². The van der Waals surface area contributed by atoms with E-state index in [1.807, 2.05) is 6.92 Å². The molecule has 26 heavy (non-hydrogen) atoms. The van der Waals surface area contributed by atoms with Crippen molar-refractivity contribution in [2.24, 2.45) is 0 Å². The van der Waals surface area contributed by atoms with Crippen molar-refractivity contribution in [3.8, 4) is 0 Å². The number of carbonyl (C=O) groups excluding carboxylic acids is 1. The second-order valence-corrected chi connectivity index (χ2v) is 6.10. The highest BCUT2D eigenvalue weighted by Crippen LogP contribution is 2.33. The van der Waals surface area contributed by atoms with Crippen LogP contribution in [-0.2, 0) is 23.9 Å². The van der Waals surface area contributed by atoms with Crippen molar-refractivity contribution >= 4 is 23.2 Å². The van der Waals surface area contributed by atoms with Crippen molar-refractivity contribution in [1.29, 1.82) is 0 Å². The van der Waals surface area contributed by atoms with E-state index in [0.717, 1.165) is 35.6 Å². The van der Waals surface area contributed by atoms with E-state index in [-0.39, 0.29) is 17.3 Å². The first kappa shape index (κ1) is 20.0. The molecule has 0 atom stereocenters. The summed E-state index contributed by atoms with van der Waals surface area (Å²) in [5, 5.41) is 2.25. The standard InChI is InChI=1S/C17H17ClF3N3O2/c1-2-3-4-12-8-16(26)24(10-22-12)9-15(25)23-14-7-11(17(19,20)21)5-6-13(14)18/h5-8,10H,2-4,9H2,1H3,(H,23,25). The van der Waals surface area contributed by atoms with Crippen LogP contribution in [0.2, 0.25) is 5.02 Å². The van der Waals surface area contributed by atoms with Gasteiger partial charge in [0.1, 0.15) is 6.54 Å². The summed E-state index contributed by atoms with van der Waals surface area (Å²) >= 11 is 5.83. The summed E-state index contributed by atoms with van der Waals surface area (Å²) in [5.74, 6) is -0.684. The van der Waals surface area contributed by atoms with E-state index in [4.69, 9.17) is 11.6 Å². The number of halogens is 4. The highest BCUT2D eigenvalue weighted by Gasteiger charge is 2.31. The van der Waals surface area contributed by atoms with Gasteiger partial charge in [0, 0.05) is 11.8 Å². The van der Waals surface area contributed by atoms with Gasteiger partial charge in [-0.05, 0) is 31.0 Å². The van der Waals surface area contributed by atoms with Crippen molar-refractivity contribution < 1.29 is 18.0 Å². The van der Waals surface area contributed by atoms with Gasteiger partial charge in [0.25, 0.3) is 5.56 Å². The molecule has 0 fully saturated rings. The fourth-order valence-corrected chi connectivity index (χ4v) is 2.38. The maximum absolute atomic E-state index is 12.8. The lowest BCUT2D eigenvalue weighted by molar-refractivity contribution is -0.137. The molecular weight excluding hydrogens is 371 g/mol. The van der Waals surface area contributed by atoms with Crippen LogP contribution in [-0.4, -0.2) is 15.5 Å². The molecule has 140 valence electrons. The minimum absolute atomic E-state index is 0.0354. The fourth-order valence-electron chi connectivity index (χ4n) is 2.22. The van der Waals surface area contributed by atoms with Crippen LogP contribution >= 0.6 is 11.6 Å². The van der Waals surface area contributed by atoms with Gasteiger partial charge in [0.15, 0.2) is 0 Å². The Bertz CT molecular complexity index is 850. The quantitative estimate of drug-likeness (QED) is 0.817. The zero-order valence-corrected chi connectivity index (χ0v) is 14.7. The van der Waals surface area contributed by atoms with Crippen LogP contribution in [0.4, 0.5) is 18.9 Å². The van der Waals surface area contributed by atoms with E-state index >= 15 is 0 Å². The molecule has 1 N–H and O–H groups in total. The normalized spacial score (nSPS) is 11.4. The Morgan fingerprint density at radius 2 is 2.04 bits per heavy atom. The third-order valence-corrected chi connectivity index (χ3v) is 3.93. The number of aryl methyl sites for hydroxylation is 1. The summed E-state index contributed by atoms with van der Waals surface area (Å²) < 4.78 is 39.3. The third-order valence-electron chi connectivity index (χ3n) is 3.60. The van der Waals surface area contributed by atoms with Gasteiger partial charge in [-0.1, -0.05) is 24.9 Å². The lowest BCUT2D eigenvalue weighted by Crippen LogP contribution is -2.28. The largest absolute Gasteiger partial charge is 0.416 e. The summed E-state index contributed by atoms with van der Waals surface area (Å²) in [6.45, 7) is 1.64. The Balaban J connectivity index is 2.11. The van der Waals surface area contributed by atoms with Crippen LogP contribution < -0.4 is 10.9 Å². The predicted octanol–water partition coefficient (Wildman–Crippen LogP) is 3.90. The van der Waals surface area contributed by atoms with E-state index < -0.39 is 23.2 Å². The first-order chi connectivity index (χ1) is 12.2. The summed E-state index contributed by atoms with van der Waals surface area (Å²) in [4.78, 5) is 28.2. The van der Waals surface area contributed by atoms with Gasteiger partial charge < -0.3 is 5.32 Å². The molecule has 0 aliphatic heterocycles. The molecule has 1 aromatic carbocycles. The molecular formula is C17H17ClF3N3O2. The number of unbranched alkanes of at least 4 members (excludes halogenated alkanes) is 1. The van der Waals surface area contributed by atoms with Crippen molar-refractivity contribution in [3.63, 3.8) is 0 Å². The lowest BCUT2D eigenvalue weighted by Gasteiger charge is -2.12. The predicted molar refractivity (Wildman–Crippen MR) is 92.2 cm³/mol. The fraction of sp³-hybridized carbons (Fsp3) is 0.353. The van der Waals surface area contributed by atoms with Crippen LogP contribution in [0, 0.1) is 0 Å². The van der Waals surface area contributed by atoms with Crippen LogP contribution in [0.3, 0.4) is 0 Å². The number of anilines is 1. The Morgan fingerprint density at radius 3 is 2.65 bits per heavy atom. The van der Waals surface area contributed by atoms with Crippen LogP contribution in [0.5, 0.6) is 0 Å². The number of rotatable bonds is 6. The second kappa shape index (κ2) is 8.35. The summed E-state index contributed by atoms with van der Waals surface area (Å²) in [6, 6.07) is 3.97. The summed E-state index contributed by atoms with van der Waals surface area (Å²) in [5.41, 5.74) is -0.880. The molecule has 0 saturated heterocycles. The molecule has 0 unspecified atom stereocenters. The Labute approximate surface area is 152 Å². The van der Waals surface area contributed by atoms with E-state index in [9.17, 15) is 22.8 Å². The van der Waals surface area contributed by atoms with Crippen molar-refractivity contribution in [2.45, 2.75) is 38.9 Å². The average molecular weight is 388 g/mol. The van der Waals surface area contributed by atoms with Gasteiger partial charge in [-0.25, -0.2) is 4.98 Å². The average Bonchev–Trinajstić information content (AvgIpc) is 2.56. The molecule has 2 aromatic rings. The SMILES string of the molecule is CCCCc1cc(=O)n(CC(=O)Nc2cc(C(F)(F)F)ccc2Cl)cn1. The minimum Gasteiger partial charge on any atom is -0.323 e. The zero-order chi connectivity index (χ0) is 19.3. The molecule has 1 heterocycles. The molecule has 9 heteroatoms. The third kappa shape index (κ3) is 5.32. The molecule has 0 aliphatic rings. The Hall–Kier alpha value is -2.35. The maximum atomic E-state index is 12.8. The van der Waals surface area contributed by atoms with E-state index in [1.165, 1.54) is 12.4 Å². The molecule has 0 aliphatic carbocycles. The number of benzene rings is 1. The van der Waals surface area contributed by atoms with Crippen LogP contribution in [0.1, 0.15) is 31.0 Å². The van der Waals surface area contributed by atoms with Crippen LogP contribution in [0.15, 0.2) is 35.4 Å². The first-order valence-corrected chi connectivity index (χ1v) is 8.30. The molecule has 0 bridgehead atoms. The lowest BCUT2D eigenvalue weighted by atomic mass is 10.2. The minimum atomic E-state index is -4.56. The van der Waals surface area contributed by atoms with Gasteiger partial charge in [0.2, 0.25) is 5.91 Å². The monoisotopic (exact) mass is 387 g/mol. The van der Waals surface area contributed by atoms with Crippen LogP contribution in [0.25, 0.3) is 0 Å². The van der Waals surface area contributed by atoms with Gasteiger partial charge in [-0.3, -0.25) is 14.2 Å². The van der Waals surface area contributed by atoms with Crippen molar-refractivity contribution in [2.75, 3.05) is 5.32 Å². The number of nitrogens with one attached hydrogen (secondary N) is 1. The van der Waals surface area contributed by atoms with Gasteiger partial charge in [-0.15, -0.1) is 0 Å².